The highest BCUT2D eigenvalue weighted by Crippen LogP contribution is 2.30. The summed E-state index contributed by atoms with van der Waals surface area (Å²) in [5.41, 5.74) is 5.65. The summed E-state index contributed by atoms with van der Waals surface area (Å²) in [6.07, 6.45) is 3.10. The van der Waals surface area contributed by atoms with Crippen LogP contribution in [0.5, 0.6) is 0 Å². The maximum atomic E-state index is 12.0. The lowest BCUT2D eigenvalue weighted by atomic mass is 9.98. The van der Waals surface area contributed by atoms with E-state index in [9.17, 15) is 4.79 Å². The molecule has 2 amide bonds. The van der Waals surface area contributed by atoms with Crippen molar-refractivity contribution in [2.24, 2.45) is 0 Å². The Kier molecular flexibility index (Phi) is 5.35. The van der Waals surface area contributed by atoms with Crippen molar-refractivity contribution >= 4 is 23.1 Å². The molecular weight excluding hydrogens is 334 g/mol. The van der Waals surface area contributed by atoms with Crippen molar-refractivity contribution in [1.29, 1.82) is 0 Å². The third-order valence-corrected chi connectivity index (χ3v) is 5.03. The van der Waals surface area contributed by atoms with Gasteiger partial charge in [0.05, 0.1) is 23.4 Å². The van der Waals surface area contributed by atoms with Crippen LogP contribution in [0.1, 0.15) is 34.7 Å². The van der Waals surface area contributed by atoms with E-state index < -0.39 is 0 Å². The van der Waals surface area contributed by atoms with Gasteiger partial charge in [-0.1, -0.05) is 19.1 Å². The van der Waals surface area contributed by atoms with Crippen LogP contribution in [0.25, 0.3) is 0 Å². The standard InChI is InChI=1S/C18H19N5OS/c1-12(17-13(2)22-11-25-17)14-3-5-15(6-4-14)23-18(24)20-9-16-7-8-19-10-21-16/h3-8,10-12H,9H2,1-2H3,(H2,20,23,24)/t12-/m0/s1. The number of amides is 2. The van der Waals surface area contributed by atoms with Crippen molar-refractivity contribution in [1.82, 2.24) is 20.3 Å². The molecular formula is C18H19N5OS. The maximum Gasteiger partial charge on any atom is 0.319 e. The summed E-state index contributed by atoms with van der Waals surface area (Å²) < 4.78 is 0. The molecule has 0 saturated carbocycles. The molecule has 0 fully saturated rings. The van der Waals surface area contributed by atoms with E-state index in [1.165, 1.54) is 16.8 Å². The molecule has 0 radical (unpaired) electrons. The number of rotatable bonds is 5. The molecule has 1 atom stereocenters. The van der Waals surface area contributed by atoms with Crippen LogP contribution >= 0.6 is 11.3 Å². The molecule has 128 valence electrons. The van der Waals surface area contributed by atoms with E-state index in [1.807, 2.05) is 36.7 Å². The molecule has 6 nitrogen and oxygen atoms in total. The second-order valence-electron chi connectivity index (χ2n) is 5.65. The summed E-state index contributed by atoms with van der Waals surface area (Å²) in [4.78, 5) is 25.4. The van der Waals surface area contributed by atoms with Gasteiger partial charge in [0.15, 0.2) is 0 Å². The van der Waals surface area contributed by atoms with Crippen LogP contribution in [0.2, 0.25) is 0 Å². The average Bonchev–Trinajstić information content (AvgIpc) is 3.07. The number of benzene rings is 1. The summed E-state index contributed by atoms with van der Waals surface area (Å²) in [5.74, 6) is 0.285. The van der Waals surface area contributed by atoms with Gasteiger partial charge in [0.1, 0.15) is 6.33 Å². The first-order valence-corrected chi connectivity index (χ1v) is 8.81. The van der Waals surface area contributed by atoms with Gasteiger partial charge in [-0.25, -0.2) is 19.7 Å². The quantitative estimate of drug-likeness (QED) is 0.733. The average molecular weight is 353 g/mol. The van der Waals surface area contributed by atoms with E-state index in [4.69, 9.17) is 0 Å². The van der Waals surface area contributed by atoms with Gasteiger partial charge in [0, 0.05) is 22.7 Å². The number of aromatic nitrogens is 3. The number of nitrogens with zero attached hydrogens (tertiary/aromatic N) is 3. The topological polar surface area (TPSA) is 79.8 Å². The molecule has 2 aromatic heterocycles. The molecule has 2 heterocycles. The van der Waals surface area contributed by atoms with E-state index in [1.54, 1.807) is 23.6 Å². The van der Waals surface area contributed by atoms with E-state index >= 15 is 0 Å². The van der Waals surface area contributed by atoms with Gasteiger partial charge < -0.3 is 10.6 Å². The zero-order valence-electron chi connectivity index (χ0n) is 14.1. The van der Waals surface area contributed by atoms with Crippen LogP contribution in [-0.4, -0.2) is 21.0 Å². The Labute approximate surface area is 150 Å². The molecule has 1 aromatic carbocycles. The lowest BCUT2D eigenvalue weighted by Crippen LogP contribution is -2.28. The molecule has 0 unspecified atom stereocenters. The van der Waals surface area contributed by atoms with E-state index in [2.05, 4.69) is 32.5 Å². The minimum atomic E-state index is -0.266. The van der Waals surface area contributed by atoms with Gasteiger partial charge in [0.25, 0.3) is 0 Å². The summed E-state index contributed by atoms with van der Waals surface area (Å²) in [6.45, 7) is 4.55. The number of carbonyl (C=O) groups is 1. The molecule has 0 spiro atoms. The van der Waals surface area contributed by atoms with Crippen LogP contribution in [0.4, 0.5) is 10.5 Å². The second-order valence-corrected chi connectivity index (χ2v) is 6.54. The van der Waals surface area contributed by atoms with E-state index in [0.717, 1.165) is 17.1 Å². The highest BCUT2D eigenvalue weighted by Gasteiger charge is 2.13. The summed E-state index contributed by atoms with van der Waals surface area (Å²) >= 11 is 1.67. The van der Waals surface area contributed by atoms with Crippen LogP contribution in [-0.2, 0) is 6.54 Å². The zero-order valence-corrected chi connectivity index (χ0v) is 14.9. The molecule has 0 aliphatic rings. The minimum absolute atomic E-state index is 0.266. The van der Waals surface area contributed by atoms with Crippen molar-refractivity contribution < 1.29 is 4.79 Å². The van der Waals surface area contributed by atoms with E-state index in [-0.39, 0.29) is 11.9 Å². The van der Waals surface area contributed by atoms with Crippen LogP contribution < -0.4 is 10.6 Å². The number of anilines is 1. The van der Waals surface area contributed by atoms with Crippen molar-refractivity contribution in [2.75, 3.05) is 5.32 Å². The smallest absolute Gasteiger partial charge is 0.319 e. The fourth-order valence-electron chi connectivity index (χ4n) is 2.50. The fourth-order valence-corrected chi connectivity index (χ4v) is 3.39. The number of carbonyl (C=O) groups excluding carboxylic acids is 1. The predicted molar refractivity (Wildman–Crippen MR) is 98.7 cm³/mol. The van der Waals surface area contributed by atoms with Crippen molar-refractivity contribution in [3.05, 3.63) is 70.2 Å². The second kappa shape index (κ2) is 7.85. The lowest BCUT2D eigenvalue weighted by molar-refractivity contribution is 0.251. The monoisotopic (exact) mass is 353 g/mol. The Bertz CT molecular complexity index is 832. The third kappa shape index (κ3) is 4.39. The van der Waals surface area contributed by atoms with E-state index in [0.29, 0.717) is 6.54 Å². The van der Waals surface area contributed by atoms with Gasteiger partial charge in [-0.3, -0.25) is 0 Å². The van der Waals surface area contributed by atoms with Crippen molar-refractivity contribution in [2.45, 2.75) is 26.3 Å². The fraction of sp³-hybridized carbons (Fsp3) is 0.222. The highest BCUT2D eigenvalue weighted by molar-refractivity contribution is 7.09. The molecule has 0 saturated heterocycles. The number of aryl methyl sites for hydroxylation is 1. The minimum Gasteiger partial charge on any atom is -0.332 e. The van der Waals surface area contributed by atoms with Gasteiger partial charge in [-0.15, -0.1) is 11.3 Å². The first-order chi connectivity index (χ1) is 12.1. The first kappa shape index (κ1) is 17.0. The first-order valence-electron chi connectivity index (χ1n) is 7.93. The van der Waals surface area contributed by atoms with Gasteiger partial charge in [-0.2, -0.15) is 0 Å². The number of nitrogens with one attached hydrogen (secondary N) is 2. The Morgan fingerprint density at radius 1 is 1.20 bits per heavy atom. The summed E-state index contributed by atoms with van der Waals surface area (Å²) in [7, 11) is 0. The van der Waals surface area contributed by atoms with Gasteiger partial charge in [-0.05, 0) is 30.7 Å². The summed E-state index contributed by atoms with van der Waals surface area (Å²) in [5, 5.41) is 5.59. The molecule has 3 rings (SSSR count). The molecule has 7 heteroatoms. The number of hydrogen-bond acceptors (Lipinski definition) is 5. The normalized spacial score (nSPS) is 11.8. The van der Waals surface area contributed by atoms with Crippen molar-refractivity contribution in [3.63, 3.8) is 0 Å². The molecule has 2 N–H and O–H groups in total. The Morgan fingerprint density at radius 2 is 2.00 bits per heavy atom. The molecule has 0 aliphatic heterocycles. The predicted octanol–water partition coefficient (Wildman–Crippen LogP) is 3.72. The zero-order chi connectivity index (χ0) is 17.6. The van der Waals surface area contributed by atoms with Crippen LogP contribution in [0.15, 0.2) is 48.4 Å². The Hall–Kier alpha value is -2.80. The van der Waals surface area contributed by atoms with Crippen molar-refractivity contribution in [3.8, 4) is 0 Å². The SMILES string of the molecule is Cc1ncsc1[C@@H](C)c1ccc(NC(=O)NCc2ccncn2)cc1. The van der Waals surface area contributed by atoms with Crippen LogP contribution in [0, 0.1) is 6.92 Å². The number of hydrogen-bond donors (Lipinski definition) is 2. The molecule has 0 aliphatic carbocycles. The Balaban J connectivity index is 1.57. The molecule has 3 aromatic rings. The van der Waals surface area contributed by atoms with Gasteiger partial charge >= 0.3 is 6.03 Å². The largest absolute Gasteiger partial charge is 0.332 e. The van der Waals surface area contributed by atoms with Crippen LogP contribution in [0.3, 0.4) is 0 Å². The third-order valence-electron chi connectivity index (χ3n) is 3.92. The van der Waals surface area contributed by atoms with Gasteiger partial charge in [0.2, 0.25) is 0 Å². The molecule has 0 bridgehead atoms. The number of urea groups is 1. The highest BCUT2D eigenvalue weighted by atomic mass is 32.1. The lowest BCUT2D eigenvalue weighted by Gasteiger charge is -2.12. The maximum absolute atomic E-state index is 12.0. The summed E-state index contributed by atoms with van der Waals surface area (Å²) in [6, 6.07) is 9.38. The number of thiazole rings is 1. The molecule has 25 heavy (non-hydrogen) atoms. The Morgan fingerprint density at radius 3 is 2.64 bits per heavy atom.